The lowest BCUT2D eigenvalue weighted by Gasteiger charge is -2.11. The quantitative estimate of drug-likeness (QED) is 0.714. The van der Waals surface area contributed by atoms with Crippen molar-refractivity contribution < 1.29 is 13.2 Å². The fourth-order valence-electron chi connectivity index (χ4n) is 1.69. The molecule has 1 aromatic carbocycles. The molecule has 1 heterocycles. The molecule has 0 aliphatic rings. The number of nitrogens with one attached hydrogen (secondary N) is 1. The van der Waals surface area contributed by atoms with Crippen molar-refractivity contribution in [2.24, 2.45) is 0 Å². The van der Waals surface area contributed by atoms with Crippen molar-refractivity contribution in [2.75, 3.05) is 11.3 Å². The zero-order valence-electron chi connectivity index (χ0n) is 11.1. The first-order valence-electron chi connectivity index (χ1n) is 6.06. The van der Waals surface area contributed by atoms with E-state index in [1.807, 2.05) is 6.92 Å². The summed E-state index contributed by atoms with van der Waals surface area (Å²) in [5.41, 5.74) is 1.36. The Morgan fingerprint density at radius 1 is 1.33 bits per heavy atom. The molecule has 0 saturated heterocycles. The molecule has 0 fully saturated rings. The molecule has 2 aromatic rings. The normalized spacial score (nSPS) is 11.4. The molecule has 2 rings (SSSR count). The van der Waals surface area contributed by atoms with Gasteiger partial charge in [-0.1, -0.05) is 27.5 Å². The van der Waals surface area contributed by atoms with Crippen LogP contribution in [0.4, 0.5) is 5.69 Å². The van der Waals surface area contributed by atoms with Crippen LogP contribution < -0.4 is 9.46 Å². The number of benzene rings is 1. The molecular formula is C13H13BrClNO3S2. The van der Waals surface area contributed by atoms with E-state index in [4.69, 9.17) is 16.3 Å². The van der Waals surface area contributed by atoms with Gasteiger partial charge in [-0.05, 0) is 37.3 Å². The summed E-state index contributed by atoms with van der Waals surface area (Å²) in [7, 11) is -3.61. The lowest BCUT2D eigenvalue weighted by Crippen LogP contribution is -2.11. The third-order valence-corrected chi connectivity index (χ3v) is 6.28. The summed E-state index contributed by atoms with van der Waals surface area (Å²) in [5.74, 6) is 0.733. The minimum Gasteiger partial charge on any atom is -0.494 e. The number of rotatable bonds is 6. The number of thiophene rings is 1. The van der Waals surface area contributed by atoms with E-state index in [1.165, 1.54) is 6.07 Å². The van der Waals surface area contributed by atoms with Crippen LogP contribution in [-0.2, 0) is 15.4 Å². The molecule has 0 amide bonds. The van der Waals surface area contributed by atoms with Crippen molar-refractivity contribution in [3.8, 4) is 5.75 Å². The van der Waals surface area contributed by atoms with Gasteiger partial charge in [0.1, 0.15) is 9.96 Å². The maximum atomic E-state index is 12.2. The van der Waals surface area contributed by atoms with Crippen molar-refractivity contribution in [1.29, 1.82) is 0 Å². The van der Waals surface area contributed by atoms with Gasteiger partial charge >= 0.3 is 0 Å². The smallest absolute Gasteiger partial charge is 0.271 e. The Labute approximate surface area is 141 Å². The van der Waals surface area contributed by atoms with E-state index in [0.717, 1.165) is 22.6 Å². The molecule has 0 unspecified atom stereocenters. The number of anilines is 1. The molecular weight excluding hydrogens is 398 g/mol. The van der Waals surface area contributed by atoms with Gasteiger partial charge in [-0.25, -0.2) is 8.42 Å². The molecule has 0 spiro atoms. The Bertz CT molecular complexity index is 731. The van der Waals surface area contributed by atoms with Gasteiger partial charge in [-0.2, -0.15) is 0 Å². The van der Waals surface area contributed by atoms with E-state index in [2.05, 4.69) is 20.7 Å². The zero-order chi connectivity index (χ0) is 15.5. The number of sulfonamides is 1. The standard InChI is InChI=1S/C13H13BrClNO3S2/c1-2-19-11-4-3-10(7-9(11)8-14)16-21(17,18)13-6-5-12(15)20-13/h3-7,16H,2,8H2,1H3. The van der Waals surface area contributed by atoms with E-state index < -0.39 is 10.0 Å². The van der Waals surface area contributed by atoms with E-state index in [1.54, 1.807) is 24.3 Å². The predicted octanol–water partition coefficient (Wildman–Crippen LogP) is 4.50. The highest BCUT2D eigenvalue weighted by atomic mass is 79.9. The minimum atomic E-state index is -3.61. The molecule has 21 heavy (non-hydrogen) atoms. The molecule has 1 N–H and O–H groups in total. The van der Waals surface area contributed by atoms with Crippen LogP contribution in [-0.4, -0.2) is 15.0 Å². The van der Waals surface area contributed by atoms with Crippen LogP contribution in [0.15, 0.2) is 34.5 Å². The first-order valence-corrected chi connectivity index (χ1v) is 9.86. The third-order valence-electron chi connectivity index (χ3n) is 2.57. The number of hydrogen-bond donors (Lipinski definition) is 1. The number of halogens is 2. The summed E-state index contributed by atoms with van der Waals surface area (Å²) in [6.07, 6.45) is 0. The van der Waals surface area contributed by atoms with Crippen LogP contribution in [0, 0.1) is 0 Å². The summed E-state index contributed by atoms with van der Waals surface area (Å²) < 4.78 is 33.1. The maximum absolute atomic E-state index is 12.2. The van der Waals surface area contributed by atoms with E-state index >= 15 is 0 Å². The number of hydrogen-bond acceptors (Lipinski definition) is 4. The van der Waals surface area contributed by atoms with Gasteiger partial charge in [0.15, 0.2) is 0 Å². The van der Waals surface area contributed by atoms with E-state index in [0.29, 0.717) is 22.0 Å². The van der Waals surface area contributed by atoms with Crippen LogP contribution in [0.1, 0.15) is 12.5 Å². The van der Waals surface area contributed by atoms with E-state index in [9.17, 15) is 8.42 Å². The first kappa shape index (κ1) is 16.6. The molecule has 114 valence electrons. The number of ether oxygens (including phenoxy) is 1. The van der Waals surface area contributed by atoms with Crippen LogP contribution in [0.25, 0.3) is 0 Å². The summed E-state index contributed by atoms with van der Waals surface area (Å²) >= 11 is 10.2. The summed E-state index contributed by atoms with van der Waals surface area (Å²) in [6, 6.07) is 8.20. The fourth-order valence-corrected chi connectivity index (χ4v) is 4.66. The second-order valence-electron chi connectivity index (χ2n) is 4.05. The third kappa shape index (κ3) is 4.12. The highest BCUT2D eigenvalue weighted by Crippen LogP contribution is 2.29. The average molecular weight is 411 g/mol. The molecule has 0 bridgehead atoms. The van der Waals surface area contributed by atoms with Gasteiger partial charge in [-0.3, -0.25) is 4.72 Å². The highest BCUT2D eigenvalue weighted by molar-refractivity contribution is 9.08. The number of alkyl halides is 1. The Kier molecular flexibility index (Phi) is 5.54. The lowest BCUT2D eigenvalue weighted by molar-refractivity contribution is 0.338. The van der Waals surface area contributed by atoms with Crippen molar-refractivity contribution >= 4 is 54.6 Å². The largest absolute Gasteiger partial charge is 0.494 e. The summed E-state index contributed by atoms with van der Waals surface area (Å²) in [6.45, 7) is 2.45. The molecule has 0 radical (unpaired) electrons. The topological polar surface area (TPSA) is 55.4 Å². The molecule has 1 aromatic heterocycles. The molecule has 0 aliphatic heterocycles. The van der Waals surface area contributed by atoms with Crippen molar-refractivity contribution in [3.05, 3.63) is 40.2 Å². The Morgan fingerprint density at radius 3 is 2.67 bits per heavy atom. The Balaban J connectivity index is 2.27. The van der Waals surface area contributed by atoms with Crippen LogP contribution >= 0.6 is 38.9 Å². The second-order valence-corrected chi connectivity index (χ2v) is 8.24. The van der Waals surface area contributed by atoms with E-state index in [-0.39, 0.29) is 4.21 Å². The highest BCUT2D eigenvalue weighted by Gasteiger charge is 2.17. The SMILES string of the molecule is CCOc1ccc(NS(=O)(=O)c2ccc(Cl)s2)cc1CBr. The Morgan fingerprint density at radius 2 is 2.10 bits per heavy atom. The van der Waals surface area contributed by atoms with Crippen molar-refractivity contribution in [1.82, 2.24) is 0 Å². The van der Waals surface area contributed by atoms with Gasteiger partial charge < -0.3 is 4.74 Å². The minimum absolute atomic E-state index is 0.182. The summed E-state index contributed by atoms with van der Waals surface area (Å²) in [5, 5.41) is 0.572. The molecule has 4 nitrogen and oxygen atoms in total. The monoisotopic (exact) mass is 409 g/mol. The molecule has 0 atom stereocenters. The predicted molar refractivity (Wildman–Crippen MR) is 90.4 cm³/mol. The Hall–Kier alpha value is -0.760. The maximum Gasteiger partial charge on any atom is 0.271 e. The molecule has 0 aliphatic carbocycles. The first-order chi connectivity index (χ1) is 9.96. The van der Waals surface area contributed by atoms with Gasteiger partial charge in [0.05, 0.1) is 10.9 Å². The van der Waals surface area contributed by atoms with Crippen molar-refractivity contribution in [2.45, 2.75) is 16.5 Å². The lowest BCUT2D eigenvalue weighted by atomic mass is 10.2. The molecule has 8 heteroatoms. The van der Waals surface area contributed by atoms with Gasteiger partial charge in [0, 0.05) is 16.6 Å². The fraction of sp³-hybridized carbons (Fsp3) is 0.231. The zero-order valence-corrected chi connectivity index (χ0v) is 15.1. The summed E-state index contributed by atoms with van der Waals surface area (Å²) in [4.78, 5) is 0. The van der Waals surface area contributed by atoms with Gasteiger partial charge in [0.25, 0.3) is 10.0 Å². The van der Waals surface area contributed by atoms with Gasteiger partial charge in [0.2, 0.25) is 0 Å². The van der Waals surface area contributed by atoms with Crippen LogP contribution in [0.2, 0.25) is 4.34 Å². The van der Waals surface area contributed by atoms with Crippen LogP contribution in [0.3, 0.4) is 0 Å². The van der Waals surface area contributed by atoms with Crippen molar-refractivity contribution in [3.63, 3.8) is 0 Å². The van der Waals surface area contributed by atoms with Gasteiger partial charge in [-0.15, -0.1) is 11.3 Å². The second kappa shape index (κ2) is 7.00. The van der Waals surface area contributed by atoms with Crippen LogP contribution in [0.5, 0.6) is 5.75 Å². The average Bonchev–Trinajstić information content (AvgIpc) is 2.88. The molecule has 0 saturated carbocycles.